The fraction of sp³-hybridized carbons (Fsp3) is 0.250. The van der Waals surface area contributed by atoms with Crippen LogP contribution in [0.4, 0.5) is 23.2 Å². The number of anilines is 1. The van der Waals surface area contributed by atoms with Crippen molar-refractivity contribution in [2.45, 2.75) is 32.2 Å². The van der Waals surface area contributed by atoms with Crippen LogP contribution in [0.3, 0.4) is 0 Å². The molecule has 1 heterocycles. The zero-order chi connectivity index (χ0) is 27.3. The van der Waals surface area contributed by atoms with Crippen molar-refractivity contribution in [1.82, 2.24) is 10.3 Å². The van der Waals surface area contributed by atoms with Crippen molar-refractivity contribution in [2.75, 3.05) is 11.4 Å². The normalized spacial score (nSPS) is 13.1. The molecule has 0 aliphatic heterocycles. The molecule has 0 aliphatic carbocycles. The van der Waals surface area contributed by atoms with Crippen LogP contribution in [0.2, 0.25) is 5.02 Å². The van der Waals surface area contributed by atoms with Crippen LogP contribution in [-0.4, -0.2) is 26.7 Å². The van der Waals surface area contributed by atoms with Crippen LogP contribution in [0, 0.1) is 5.82 Å². The van der Waals surface area contributed by atoms with Crippen LogP contribution in [0.15, 0.2) is 54.6 Å². The number of benzene rings is 2. The van der Waals surface area contributed by atoms with Crippen molar-refractivity contribution in [1.29, 1.82) is 0 Å². The zero-order valence-corrected chi connectivity index (χ0v) is 21.1. The lowest BCUT2D eigenvalue weighted by Crippen LogP contribution is -2.28. The third-order valence-electron chi connectivity index (χ3n) is 5.41. The number of hydrogen-bond acceptors (Lipinski definition) is 4. The molecule has 0 saturated carbocycles. The topological polar surface area (TPSA) is 91.8 Å². The summed E-state index contributed by atoms with van der Waals surface area (Å²) in [6.07, 6.45) is -4.69. The predicted octanol–water partition coefficient (Wildman–Crippen LogP) is 5.46. The van der Waals surface area contributed by atoms with Gasteiger partial charge >= 0.3 is 6.18 Å². The molecule has 3 rings (SSSR count). The molecular formula is C24H22ClF4N3O4S. The molecule has 13 heteroatoms. The van der Waals surface area contributed by atoms with Crippen LogP contribution in [0.5, 0.6) is 5.88 Å². The van der Waals surface area contributed by atoms with Crippen LogP contribution < -0.4 is 14.4 Å². The number of carbonyl (C=O) groups is 1. The molecule has 7 nitrogen and oxygen atoms in total. The summed E-state index contributed by atoms with van der Waals surface area (Å²) < 4.78 is 80.7. The van der Waals surface area contributed by atoms with Gasteiger partial charge in [-0.3, -0.25) is 13.7 Å². The number of hydrogen-bond donors (Lipinski definition) is 2. The fourth-order valence-electron chi connectivity index (χ4n) is 3.24. The zero-order valence-electron chi connectivity index (χ0n) is 19.6. The molecule has 0 bridgehead atoms. The Hall–Kier alpha value is -3.22. The highest BCUT2D eigenvalue weighted by molar-refractivity contribution is 7.80. The smallest absolute Gasteiger partial charge is 0.433 e. The van der Waals surface area contributed by atoms with E-state index in [1.54, 1.807) is 24.3 Å². The minimum Gasteiger partial charge on any atom is -0.473 e. The van der Waals surface area contributed by atoms with Gasteiger partial charge in [0.2, 0.25) is 11.8 Å². The minimum absolute atomic E-state index is 0.0818. The largest absolute Gasteiger partial charge is 0.473 e. The molecule has 37 heavy (non-hydrogen) atoms. The van der Waals surface area contributed by atoms with E-state index in [2.05, 4.69) is 10.3 Å². The monoisotopic (exact) mass is 559 g/mol. The Morgan fingerprint density at radius 1 is 1.19 bits per heavy atom. The summed E-state index contributed by atoms with van der Waals surface area (Å²) in [6, 6.07) is 12.3. The molecule has 0 aliphatic rings. The number of pyridine rings is 1. The standard InChI is InChI=1S/C24H22ClF4N3O4S/c1-14(16-5-9-20(19(26)11-16)32(2)37(34)35)22(33)30-12-17-6-10-21(24(27,28)29)31-23(17)36-13-15-3-7-18(25)8-4-15/h3-11,14H,12-13H2,1-2H3,(H,30,33)(H,34,35). The Morgan fingerprint density at radius 2 is 1.86 bits per heavy atom. The van der Waals surface area contributed by atoms with Gasteiger partial charge in [-0.15, -0.1) is 0 Å². The van der Waals surface area contributed by atoms with E-state index < -0.39 is 40.8 Å². The summed E-state index contributed by atoms with van der Waals surface area (Å²) in [5, 5.41) is 3.09. The fourth-order valence-corrected chi connectivity index (χ4v) is 3.68. The summed E-state index contributed by atoms with van der Waals surface area (Å²) >= 11 is 3.42. The van der Waals surface area contributed by atoms with Crippen molar-refractivity contribution in [2.24, 2.45) is 0 Å². The van der Waals surface area contributed by atoms with Gasteiger partial charge in [-0.1, -0.05) is 29.8 Å². The summed E-state index contributed by atoms with van der Waals surface area (Å²) in [5.41, 5.74) is -0.132. The first-order chi connectivity index (χ1) is 17.4. The number of halogens is 5. The molecule has 0 radical (unpaired) electrons. The molecule has 2 atom stereocenters. The van der Waals surface area contributed by atoms with Gasteiger partial charge in [0.05, 0.1) is 11.6 Å². The molecule has 1 aromatic heterocycles. The van der Waals surface area contributed by atoms with E-state index >= 15 is 0 Å². The van der Waals surface area contributed by atoms with E-state index in [4.69, 9.17) is 20.9 Å². The molecule has 0 saturated heterocycles. The summed E-state index contributed by atoms with van der Waals surface area (Å²) in [5.74, 6) is -2.47. The summed E-state index contributed by atoms with van der Waals surface area (Å²) in [7, 11) is 1.23. The third-order valence-corrected chi connectivity index (χ3v) is 6.33. The van der Waals surface area contributed by atoms with Crippen molar-refractivity contribution in [3.05, 3.63) is 87.8 Å². The molecule has 2 unspecified atom stereocenters. The highest BCUT2D eigenvalue weighted by Crippen LogP contribution is 2.31. The molecule has 2 N–H and O–H groups in total. The summed E-state index contributed by atoms with van der Waals surface area (Å²) in [4.78, 5) is 16.3. The Labute approximate surface area is 217 Å². The van der Waals surface area contributed by atoms with Crippen LogP contribution in [0.25, 0.3) is 0 Å². The first-order valence-corrected chi connectivity index (χ1v) is 12.2. The number of carbonyl (C=O) groups excluding carboxylic acids is 1. The second-order valence-electron chi connectivity index (χ2n) is 7.95. The van der Waals surface area contributed by atoms with Crippen LogP contribution in [0.1, 0.15) is 35.2 Å². The molecule has 0 fully saturated rings. The number of rotatable bonds is 9. The highest BCUT2D eigenvalue weighted by atomic mass is 35.5. The number of nitrogens with zero attached hydrogens (tertiary/aromatic N) is 2. The van der Waals surface area contributed by atoms with Gasteiger partial charge in [-0.25, -0.2) is 13.6 Å². The number of amides is 1. The van der Waals surface area contributed by atoms with Crippen molar-refractivity contribution >= 4 is 34.5 Å². The maximum absolute atomic E-state index is 14.4. The third kappa shape index (κ3) is 7.40. The highest BCUT2D eigenvalue weighted by Gasteiger charge is 2.33. The SMILES string of the molecule is CC(C(=O)NCc1ccc(C(F)(F)F)nc1OCc1ccc(Cl)cc1)c1ccc(N(C)S(=O)O)c(F)c1. The second kappa shape index (κ2) is 11.9. The van der Waals surface area contributed by atoms with E-state index in [-0.39, 0.29) is 30.3 Å². The van der Waals surface area contributed by atoms with Gasteiger partial charge in [0, 0.05) is 24.2 Å². The Balaban J connectivity index is 1.74. The van der Waals surface area contributed by atoms with E-state index in [0.29, 0.717) is 16.1 Å². The lowest BCUT2D eigenvalue weighted by Gasteiger charge is -2.18. The average Bonchev–Trinajstić information content (AvgIpc) is 2.85. The van der Waals surface area contributed by atoms with Crippen molar-refractivity contribution in [3.63, 3.8) is 0 Å². The molecular weight excluding hydrogens is 538 g/mol. The molecule has 198 valence electrons. The lowest BCUT2D eigenvalue weighted by molar-refractivity contribution is -0.141. The lowest BCUT2D eigenvalue weighted by atomic mass is 9.99. The van der Waals surface area contributed by atoms with E-state index in [0.717, 1.165) is 22.5 Å². The minimum atomic E-state index is -4.69. The van der Waals surface area contributed by atoms with Gasteiger partial charge in [0.25, 0.3) is 11.3 Å². The predicted molar refractivity (Wildman–Crippen MR) is 131 cm³/mol. The molecule has 2 aromatic carbocycles. The van der Waals surface area contributed by atoms with E-state index in [9.17, 15) is 26.6 Å². The Kier molecular flexibility index (Phi) is 9.11. The summed E-state index contributed by atoms with van der Waals surface area (Å²) in [6.45, 7) is 1.24. The van der Waals surface area contributed by atoms with Crippen molar-refractivity contribution in [3.8, 4) is 5.88 Å². The quantitative estimate of drug-likeness (QED) is 0.268. The van der Waals surface area contributed by atoms with Gasteiger partial charge in [-0.2, -0.15) is 13.2 Å². The molecule has 1 amide bonds. The second-order valence-corrected chi connectivity index (χ2v) is 9.40. The molecule has 0 spiro atoms. The number of ether oxygens (including phenoxy) is 1. The van der Waals surface area contributed by atoms with Gasteiger partial charge in [0.15, 0.2) is 0 Å². The van der Waals surface area contributed by atoms with Gasteiger partial charge in [0.1, 0.15) is 18.1 Å². The maximum Gasteiger partial charge on any atom is 0.433 e. The first-order valence-electron chi connectivity index (χ1n) is 10.7. The van der Waals surface area contributed by atoms with Crippen LogP contribution in [-0.2, 0) is 35.4 Å². The molecule has 3 aromatic rings. The van der Waals surface area contributed by atoms with Gasteiger partial charge < -0.3 is 10.1 Å². The van der Waals surface area contributed by atoms with E-state index in [1.807, 2.05) is 0 Å². The average molecular weight is 560 g/mol. The van der Waals surface area contributed by atoms with Crippen LogP contribution >= 0.6 is 11.6 Å². The number of alkyl halides is 3. The maximum atomic E-state index is 14.4. The first kappa shape index (κ1) is 28.4. The van der Waals surface area contributed by atoms with Crippen molar-refractivity contribution < 1.29 is 35.9 Å². The van der Waals surface area contributed by atoms with Gasteiger partial charge in [-0.05, 0) is 54.4 Å². The van der Waals surface area contributed by atoms with E-state index in [1.165, 1.54) is 26.1 Å². The Morgan fingerprint density at radius 3 is 2.46 bits per heavy atom. The Bertz CT molecular complexity index is 1290. The number of nitrogens with one attached hydrogen (secondary N) is 1. The number of aromatic nitrogens is 1.